The van der Waals surface area contributed by atoms with Crippen LogP contribution < -0.4 is 0 Å². The summed E-state index contributed by atoms with van der Waals surface area (Å²) in [5.74, 6) is 0.356. The molecule has 5 saturated carbocycles. The Hall–Kier alpha value is -0.770. The second-order valence-corrected chi connectivity index (χ2v) is 20.5. The molecule has 0 aromatic heterocycles. The van der Waals surface area contributed by atoms with E-state index in [9.17, 15) is 40.5 Å². The van der Waals surface area contributed by atoms with Crippen molar-refractivity contribution < 1.29 is 59.5 Å². The monoisotopic (exact) mass is 752 g/mol. The molecule has 12 nitrogen and oxygen atoms in total. The number of ether oxygens (including phenoxy) is 4. The van der Waals surface area contributed by atoms with Gasteiger partial charge in [-0.1, -0.05) is 48.5 Å². The molecule has 0 spiro atoms. The van der Waals surface area contributed by atoms with Crippen LogP contribution in [-0.2, 0) is 23.7 Å². The minimum absolute atomic E-state index is 0.0224. The van der Waals surface area contributed by atoms with Crippen molar-refractivity contribution in [2.75, 3.05) is 6.61 Å². The molecule has 7 rings (SSSR count). The summed E-state index contributed by atoms with van der Waals surface area (Å²) < 4.78 is 24.0. The zero-order valence-corrected chi connectivity index (χ0v) is 33.3. The quantitative estimate of drug-likeness (QED) is 0.203. The third kappa shape index (κ3) is 5.58. The Kier molecular flexibility index (Phi) is 10.0. The number of hydrogen-bond acceptors (Lipinski definition) is 12. The maximum atomic E-state index is 13.1. The molecule has 7 fully saturated rings. The van der Waals surface area contributed by atoms with E-state index >= 15 is 0 Å². The second kappa shape index (κ2) is 13.1. The number of carbonyl (C=O) groups excluding carboxylic acids is 1. The van der Waals surface area contributed by atoms with Gasteiger partial charge in [0.05, 0.1) is 31.0 Å². The van der Waals surface area contributed by atoms with Crippen molar-refractivity contribution in [1.82, 2.24) is 0 Å². The average molecular weight is 753 g/mol. The topological polar surface area (TPSA) is 196 Å². The van der Waals surface area contributed by atoms with Crippen LogP contribution in [0.1, 0.15) is 114 Å². The predicted molar refractivity (Wildman–Crippen MR) is 192 cm³/mol. The number of carbonyl (C=O) groups is 1. The summed E-state index contributed by atoms with van der Waals surface area (Å²) in [6.07, 6.45) is -6.94. The lowest BCUT2D eigenvalue weighted by Crippen LogP contribution is -2.72. The highest BCUT2D eigenvalue weighted by molar-refractivity contribution is 5.83. The first-order chi connectivity index (χ1) is 24.5. The summed E-state index contributed by atoms with van der Waals surface area (Å²) in [7, 11) is 0. The Bertz CT molecular complexity index is 1410. The van der Waals surface area contributed by atoms with Crippen LogP contribution in [0.4, 0.5) is 0 Å². The summed E-state index contributed by atoms with van der Waals surface area (Å²) in [6.45, 7) is 18.9. The first kappa shape index (κ1) is 40.4. The van der Waals surface area contributed by atoms with Crippen molar-refractivity contribution in [2.45, 2.75) is 187 Å². The minimum atomic E-state index is -1.59. The molecular formula is C41H68O12. The molecule has 0 aromatic rings. The molecule has 7 N–H and O–H groups in total. The average Bonchev–Trinajstić information content (AvgIpc) is 3.36. The molecule has 21 atom stereocenters. The number of aliphatic hydroxyl groups is 7. The molecule has 2 aliphatic heterocycles. The fourth-order valence-electron chi connectivity index (χ4n) is 14.9. The van der Waals surface area contributed by atoms with E-state index in [-0.39, 0.29) is 69.2 Å². The molecule has 0 amide bonds. The predicted octanol–water partition coefficient (Wildman–Crippen LogP) is 2.68. The van der Waals surface area contributed by atoms with Crippen molar-refractivity contribution in [1.29, 1.82) is 0 Å². The molecule has 304 valence electrons. The Morgan fingerprint density at radius 1 is 0.660 bits per heavy atom. The van der Waals surface area contributed by atoms with E-state index in [1.54, 1.807) is 6.92 Å². The smallest absolute Gasteiger partial charge is 0.187 e. The Morgan fingerprint density at radius 2 is 1.34 bits per heavy atom. The lowest BCUT2D eigenvalue weighted by Gasteiger charge is -2.74. The number of fused-ring (bicyclic) bond motifs is 7. The maximum absolute atomic E-state index is 13.1. The van der Waals surface area contributed by atoms with E-state index in [1.165, 1.54) is 6.92 Å². The van der Waals surface area contributed by atoms with Crippen molar-refractivity contribution in [3.8, 4) is 0 Å². The van der Waals surface area contributed by atoms with Crippen molar-refractivity contribution in [3.05, 3.63) is 0 Å². The lowest BCUT2D eigenvalue weighted by molar-refractivity contribution is -0.355. The molecule has 0 bridgehead atoms. The minimum Gasteiger partial charge on any atom is -0.393 e. The van der Waals surface area contributed by atoms with Crippen LogP contribution >= 0.6 is 0 Å². The van der Waals surface area contributed by atoms with E-state index in [2.05, 4.69) is 41.5 Å². The van der Waals surface area contributed by atoms with Crippen LogP contribution in [0.15, 0.2) is 0 Å². The van der Waals surface area contributed by atoms with E-state index in [0.717, 1.165) is 32.1 Å². The van der Waals surface area contributed by atoms with E-state index < -0.39 is 72.9 Å². The summed E-state index contributed by atoms with van der Waals surface area (Å²) in [4.78, 5) is 13.1. The molecule has 53 heavy (non-hydrogen) atoms. The van der Waals surface area contributed by atoms with E-state index in [4.69, 9.17) is 18.9 Å². The number of aliphatic hydroxyl groups excluding tert-OH is 7. The van der Waals surface area contributed by atoms with Gasteiger partial charge in [-0.3, -0.25) is 4.79 Å². The molecule has 2 saturated heterocycles. The van der Waals surface area contributed by atoms with Gasteiger partial charge in [-0.25, -0.2) is 0 Å². The summed E-state index contributed by atoms with van der Waals surface area (Å²) in [5.41, 5.74) is -1.91. The Balaban J connectivity index is 1.10. The number of hydrogen-bond donors (Lipinski definition) is 7. The highest BCUT2D eigenvalue weighted by Crippen LogP contribution is 2.78. The highest BCUT2D eigenvalue weighted by atomic mass is 16.7. The van der Waals surface area contributed by atoms with Crippen LogP contribution in [0.25, 0.3) is 0 Å². The molecule has 12 heteroatoms. The second-order valence-electron chi connectivity index (χ2n) is 20.5. The molecule has 0 aromatic carbocycles. The summed E-state index contributed by atoms with van der Waals surface area (Å²) >= 11 is 0. The fraction of sp³-hybridized carbons (Fsp3) is 0.976. The first-order valence-corrected chi connectivity index (χ1v) is 20.3. The van der Waals surface area contributed by atoms with Crippen LogP contribution in [0.3, 0.4) is 0 Å². The lowest BCUT2D eigenvalue weighted by atomic mass is 9.31. The van der Waals surface area contributed by atoms with Crippen LogP contribution in [-0.4, -0.2) is 122 Å². The van der Waals surface area contributed by atoms with Gasteiger partial charge < -0.3 is 54.7 Å². The van der Waals surface area contributed by atoms with Crippen molar-refractivity contribution in [2.24, 2.45) is 56.2 Å². The molecule has 0 radical (unpaired) electrons. The van der Waals surface area contributed by atoms with Gasteiger partial charge in [0.15, 0.2) is 12.6 Å². The van der Waals surface area contributed by atoms with Crippen LogP contribution in [0.2, 0.25) is 0 Å². The summed E-state index contributed by atoms with van der Waals surface area (Å²) in [5, 5.41) is 77.6. The SMILES string of the molecule is CC(=O)[C@@]1(C)CC[C@]2(C)[C@H]1[C@@H](O)C[C@]1(C)[C@@H]2[C@H](O)C[C@H]2[C@]3(C)CC[C@H](O[C@H]4OC[C@H](O)[C@@H](O[C@H]5O[C@@H](C)[C@H](O)[C@@H](O)[C@@H]5O)[C@@H]4O)C(C)(C)[C@@H]3CC[C@]21C. The molecule has 2 heterocycles. The van der Waals surface area contributed by atoms with Gasteiger partial charge in [0.2, 0.25) is 0 Å². The third-order valence-corrected chi connectivity index (χ3v) is 17.8. The van der Waals surface area contributed by atoms with Gasteiger partial charge in [0, 0.05) is 11.3 Å². The van der Waals surface area contributed by atoms with Crippen molar-refractivity contribution >= 4 is 5.78 Å². The van der Waals surface area contributed by atoms with Gasteiger partial charge in [-0.05, 0) is 110 Å². The van der Waals surface area contributed by atoms with Gasteiger partial charge in [-0.2, -0.15) is 0 Å². The largest absolute Gasteiger partial charge is 0.393 e. The number of Topliss-reactive ketones (excluding diaryl/α,β-unsaturated/α-hetero) is 1. The first-order valence-electron chi connectivity index (χ1n) is 20.3. The Labute approximate surface area is 314 Å². The van der Waals surface area contributed by atoms with E-state index in [0.29, 0.717) is 19.3 Å². The van der Waals surface area contributed by atoms with Gasteiger partial charge in [-0.15, -0.1) is 0 Å². The van der Waals surface area contributed by atoms with Crippen molar-refractivity contribution in [3.63, 3.8) is 0 Å². The summed E-state index contributed by atoms with van der Waals surface area (Å²) in [6, 6.07) is 0. The van der Waals surface area contributed by atoms with E-state index in [1.807, 2.05) is 6.92 Å². The number of rotatable bonds is 5. The molecule has 5 aliphatic carbocycles. The van der Waals surface area contributed by atoms with Gasteiger partial charge >= 0.3 is 0 Å². The number of ketones is 1. The van der Waals surface area contributed by atoms with Crippen LogP contribution in [0, 0.1) is 56.2 Å². The molecule has 7 aliphatic rings. The Morgan fingerprint density at radius 3 is 2.00 bits per heavy atom. The zero-order chi connectivity index (χ0) is 39.0. The van der Waals surface area contributed by atoms with Gasteiger partial charge in [0.25, 0.3) is 0 Å². The highest BCUT2D eigenvalue weighted by Gasteiger charge is 2.75. The van der Waals surface area contributed by atoms with Gasteiger partial charge in [0.1, 0.15) is 42.4 Å². The normalized spacial score (nSPS) is 59.2. The van der Waals surface area contributed by atoms with Crippen LogP contribution in [0.5, 0.6) is 0 Å². The molecular weight excluding hydrogens is 684 g/mol. The maximum Gasteiger partial charge on any atom is 0.187 e. The molecule has 0 unspecified atom stereocenters. The fourth-order valence-corrected chi connectivity index (χ4v) is 14.9. The zero-order valence-electron chi connectivity index (χ0n) is 33.3. The third-order valence-electron chi connectivity index (χ3n) is 17.8. The standard InChI is InChI=1S/C41H68O12/c1-19-27(46)28(47)29(48)35(51-19)53-31-23(45)18-50-34(30(31)49)52-26-11-12-38(6)24(36(26,3)4)10-13-40(8)25(38)16-21(43)33-39(7)15-14-37(5,20(2)42)32(39)22(44)17-41(33,40)9/h19,21-35,43-49H,10-18H2,1-9H3/t19-,21+,22-,23-,24-,25-,26-,27-,28+,29-,30-,31+,32-,33+,34+,35+,37+,38+,39+,40+,41+/m0/s1.